The van der Waals surface area contributed by atoms with E-state index in [1.165, 1.54) is 5.57 Å². The molecule has 0 aliphatic carbocycles. The number of carbonyl (C=O) groups is 1. The fourth-order valence-corrected chi connectivity index (χ4v) is 2.24. The minimum absolute atomic E-state index is 0.112. The van der Waals surface area contributed by atoms with Gasteiger partial charge in [-0.15, -0.1) is 0 Å². The predicted molar refractivity (Wildman–Crippen MR) is 74.1 cm³/mol. The van der Waals surface area contributed by atoms with Gasteiger partial charge in [0.2, 0.25) is 0 Å². The lowest BCUT2D eigenvalue weighted by Gasteiger charge is -2.15. The first-order valence-corrected chi connectivity index (χ1v) is 6.47. The first-order chi connectivity index (χ1) is 8.66. The molecule has 1 amide bonds. The Kier molecular flexibility index (Phi) is 4.39. The third kappa shape index (κ3) is 3.34. The molecular weight excluding hydrogens is 248 g/mol. The van der Waals surface area contributed by atoms with Crippen molar-refractivity contribution in [3.8, 4) is 0 Å². The van der Waals surface area contributed by atoms with Crippen molar-refractivity contribution in [3.05, 3.63) is 46.0 Å². The summed E-state index contributed by atoms with van der Waals surface area (Å²) in [4.78, 5) is 12.0. The minimum atomic E-state index is -0.112. The molecule has 0 bridgehead atoms. The van der Waals surface area contributed by atoms with Gasteiger partial charge in [0.1, 0.15) is 0 Å². The summed E-state index contributed by atoms with van der Waals surface area (Å²) in [7, 11) is 0. The number of rotatable bonds is 3. The summed E-state index contributed by atoms with van der Waals surface area (Å²) in [5.74, 6) is -0.112. The maximum absolute atomic E-state index is 12.0. The molecule has 18 heavy (non-hydrogen) atoms. The van der Waals surface area contributed by atoms with E-state index < -0.39 is 0 Å². The number of aryl methyl sites for hydroxylation is 1. The van der Waals surface area contributed by atoms with Crippen molar-refractivity contribution in [2.75, 3.05) is 19.6 Å². The molecule has 0 aromatic heterocycles. The fraction of sp³-hybridized carbons (Fsp3) is 0.357. The third-order valence-corrected chi connectivity index (χ3v) is 3.32. The van der Waals surface area contributed by atoms with Gasteiger partial charge in [0, 0.05) is 13.1 Å². The highest BCUT2D eigenvalue weighted by molar-refractivity contribution is 6.33. The monoisotopic (exact) mass is 264 g/mol. The highest BCUT2D eigenvalue weighted by Gasteiger charge is 2.11. The highest BCUT2D eigenvalue weighted by atomic mass is 35.5. The van der Waals surface area contributed by atoms with Crippen LogP contribution in [0.4, 0.5) is 0 Å². The van der Waals surface area contributed by atoms with Crippen molar-refractivity contribution in [3.63, 3.8) is 0 Å². The summed E-state index contributed by atoms with van der Waals surface area (Å²) < 4.78 is 0. The van der Waals surface area contributed by atoms with Crippen molar-refractivity contribution in [1.82, 2.24) is 10.6 Å². The van der Waals surface area contributed by atoms with Gasteiger partial charge in [-0.3, -0.25) is 4.79 Å². The molecule has 1 aliphatic heterocycles. The van der Waals surface area contributed by atoms with E-state index >= 15 is 0 Å². The van der Waals surface area contributed by atoms with Crippen LogP contribution in [0.1, 0.15) is 22.3 Å². The second kappa shape index (κ2) is 6.03. The maximum Gasteiger partial charge on any atom is 0.253 e. The van der Waals surface area contributed by atoms with Crippen molar-refractivity contribution in [1.29, 1.82) is 0 Å². The first kappa shape index (κ1) is 13.1. The van der Waals surface area contributed by atoms with E-state index in [0.29, 0.717) is 17.1 Å². The summed E-state index contributed by atoms with van der Waals surface area (Å²) in [6.07, 6.45) is 3.11. The van der Waals surface area contributed by atoms with Crippen molar-refractivity contribution in [2.24, 2.45) is 0 Å². The van der Waals surface area contributed by atoms with Gasteiger partial charge in [0.25, 0.3) is 5.91 Å². The lowest BCUT2D eigenvalue weighted by Crippen LogP contribution is -2.29. The lowest BCUT2D eigenvalue weighted by molar-refractivity contribution is 0.0957. The molecule has 0 saturated heterocycles. The smallest absolute Gasteiger partial charge is 0.253 e. The molecule has 4 heteroatoms. The molecule has 3 nitrogen and oxygen atoms in total. The second-order valence-corrected chi connectivity index (χ2v) is 4.89. The minimum Gasteiger partial charge on any atom is -0.348 e. The number of benzene rings is 1. The fourth-order valence-electron chi connectivity index (χ4n) is 1.92. The summed E-state index contributed by atoms with van der Waals surface area (Å²) in [5.41, 5.74) is 2.86. The van der Waals surface area contributed by atoms with E-state index in [0.717, 1.165) is 25.1 Å². The lowest BCUT2D eigenvalue weighted by atomic mass is 10.1. The summed E-state index contributed by atoms with van der Waals surface area (Å²) in [6.45, 7) is 4.42. The number of carbonyl (C=O) groups excluding carboxylic acids is 1. The van der Waals surface area contributed by atoms with Gasteiger partial charge in [0.15, 0.2) is 0 Å². The average Bonchev–Trinajstić information content (AvgIpc) is 2.37. The maximum atomic E-state index is 12.0. The Hall–Kier alpha value is -1.32. The predicted octanol–water partition coefficient (Wildman–Crippen LogP) is 2.30. The zero-order chi connectivity index (χ0) is 13.0. The van der Waals surface area contributed by atoms with Gasteiger partial charge in [-0.2, -0.15) is 0 Å². The molecule has 0 fully saturated rings. The molecule has 2 rings (SSSR count). The molecule has 0 spiro atoms. The Balaban J connectivity index is 1.97. The molecule has 1 heterocycles. The topological polar surface area (TPSA) is 41.1 Å². The Bertz CT molecular complexity index is 483. The first-order valence-electron chi connectivity index (χ1n) is 6.10. The van der Waals surface area contributed by atoms with Crippen molar-refractivity contribution in [2.45, 2.75) is 13.3 Å². The molecule has 2 N–H and O–H groups in total. The third-order valence-electron chi connectivity index (χ3n) is 3.00. The Labute approximate surface area is 112 Å². The molecule has 0 radical (unpaired) electrons. The second-order valence-electron chi connectivity index (χ2n) is 4.48. The number of nitrogens with one attached hydrogen (secondary N) is 2. The van der Waals surface area contributed by atoms with E-state index in [4.69, 9.17) is 11.6 Å². The van der Waals surface area contributed by atoms with E-state index in [1.807, 2.05) is 13.0 Å². The van der Waals surface area contributed by atoms with Crippen LogP contribution < -0.4 is 10.6 Å². The number of amides is 1. The molecular formula is C14H17ClN2O. The molecule has 96 valence electrons. The van der Waals surface area contributed by atoms with Gasteiger partial charge >= 0.3 is 0 Å². The van der Waals surface area contributed by atoms with Gasteiger partial charge in [-0.1, -0.05) is 29.3 Å². The van der Waals surface area contributed by atoms with Gasteiger partial charge in [-0.05, 0) is 37.6 Å². The van der Waals surface area contributed by atoms with Gasteiger partial charge in [0.05, 0.1) is 10.6 Å². The average molecular weight is 265 g/mol. The van der Waals surface area contributed by atoms with Crippen LogP contribution in [0, 0.1) is 6.92 Å². The zero-order valence-electron chi connectivity index (χ0n) is 10.4. The van der Waals surface area contributed by atoms with E-state index in [1.54, 1.807) is 12.1 Å². The summed E-state index contributed by atoms with van der Waals surface area (Å²) in [5, 5.41) is 6.65. The van der Waals surface area contributed by atoms with E-state index in [-0.39, 0.29) is 5.91 Å². The molecule has 1 aliphatic rings. The van der Waals surface area contributed by atoms with Gasteiger partial charge in [-0.25, -0.2) is 0 Å². The zero-order valence-corrected chi connectivity index (χ0v) is 11.2. The largest absolute Gasteiger partial charge is 0.348 e. The quantitative estimate of drug-likeness (QED) is 0.823. The van der Waals surface area contributed by atoms with Crippen LogP contribution in [0.15, 0.2) is 29.8 Å². The highest BCUT2D eigenvalue weighted by Crippen LogP contribution is 2.17. The normalized spacial score (nSPS) is 15.1. The van der Waals surface area contributed by atoms with Crippen molar-refractivity contribution >= 4 is 17.5 Å². The molecule has 0 unspecified atom stereocenters. The Morgan fingerprint density at radius 1 is 1.50 bits per heavy atom. The Morgan fingerprint density at radius 2 is 2.33 bits per heavy atom. The molecule has 1 aromatic carbocycles. The summed E-state index contributed by atoms with van der Waals surface area (Å²) >= 11 is 6.06. The summed E-state index contributed by atoms with van der Waals surface area (Å²) in [6, 6.07) is 5.47. The molecule has 1 aromatic rings. The van der Waals surface area contributed by atoms with E-state index in [2.05, 4.69) is 16.7 Å². The van der Waals surface area contributed by atoms with Gasteiger partial charge < -0.3 is 10.6 Å². The van der Waals surface area contributed by atoms with Crippen molar-refractivity contribution < 1.29 is 4.79 Å². The van der Waals surface area contributed by atoms with Crippen LogP contribution >= 0.6 is 11.6 Å². The van der Waals surface area contributed by atoms with Crippen LogP contribution in [0.2, 0.25) is 5.02 Å². The van der Waals surface area contributed by atoms with Crippen LogP contribution in [-0.4, -0.2) is 25.5 Å². The number of halogens is 1. The van der Waals surface area contributed by atoms with Crippen LogP contribution in [0.25, 0.3) is 0 Å². The standard InChI is InChI=1S/C14H17ClN2O/c1-10-2-3-12(13(15)8-10)14(18)17-9-11-4-6-16-7-5-11/h2-4,8,16H,5-7,9H2,1H3,(H,17,18). The van der Waals surface area contributed by atoms with Crippen LogP contribution in [0.5, 0.6) is 0 Å². The van der Waals surface area contributed by atoms with E-state index in [9.17, 15) is 4.79 Å². The number of hydrogen-bond acceptors (Lipinski definition) is 2. The number of hydrogen-bond donors (Lipinski definition) is 2. The molecule has 0 atom stereocenters. The Morgan fingerprint density at radius 3 is 3.00 bits per heavy atom. The van der Waals surface area contributed by atoms with Crippen LogP contribution in [0.3, 0.4) is 0 Å². The SMILES string of the molecule is Cc1ccc(C(=O)NCC2=CCNCC2)c(Cl)c1. The van der Waals surface area contributed by atoms with Crippen LogP contribution in [-0.2, 0) is 0 Å². The molecule has 0 saturated carbocycles.